The van der Waals surface area contributed by atoms with Gasteiger partial charge in [0.05, 0.1) is 21.7 Å². The summed E-state index contributed by atoms with van der Waals surface area (Å²) in [4.78, 5) is 20.1. The van der Waals surface area contributed by atoms with E-state index >= 15 is 0 Å². The van der Waals surface area contributed by atoms with Crippen molar-refractivity contribution in [1.82, 2.24) is 0 Å². The van der Waals surface area contributed by atoms with Crippen molar-refractivity contribution in [2.24, 2.45) is 11.7 Å². The van der Waals surface area contributed by atoms with E-state index in [-0.39, 0.29) is 28.6 Å². The van der Waals surface area contributed by atoms with Crippen LogP contribution in [0.3, 0.4) is 0 Å². The van der Waals surface area contributed by atoms with Gasteiger partial charge in [0, 0.05) is 28.2 Å². The Morgan fingerprint density at radius 2 is 1.95 bits per heavy atom. The van der Waals surface area contributed by atoms with Gasteiger partial charge in [-0.15, -0.1) is 0 Å². The van der Waals surface area contributed by atoms with Gasteiger partial charge in [-0.3, -0.25) is 24.4 Å². The third-order valence-electron chi connectivity index (χ3n) is 2.67. The summed E-state index contributed by atoms with van der Waals surface area (Å²) in [6, 6.07) is 3.34. The van der Waals surface area contributed by atoms with Gasteiger partial charge in [-0.2, -0.15) is 0 Å². The van der Waals surface area contributed by atoms with E-state index in [1.807, 2.05) is 6.92 Å². The number of nitrogens with zero attached hydrogens (tertiary/aromatic N) is 2. The van der Waals surface area contributed by atoms with Gasteiger partial charge in [-0.25, -0.2) is 0 Å². The number of non-ortho nitro benzene ring substituents is 1. The molecule has 1 aromatic rings. The molecule has 20 heavy (non-hydrogen) atoms. The predicted octanol–water partition coefficient (Wildman–Crippen LogP) is 1.35. The van der Waals surface area contributed by atoms with Gasteiger partial charge in [0.1, 0.15) is 0 Å². The fraction of sp³-hybridized carbons (Fsp3) is 0.455. The number of hydrogen-bond acceptors (Lipinski definition) is 6. The van der Waals surface area contributed by atoms with Crippen molar-refractivity contribution < 1.29 is 14.1 Å². The Balaban J connectivity index is 2.97. The van der Waals surface area contributed by atoms with Crippen molar-refractivity contribution in [3.8, 4) is 0 Å². The molecule has 2 atom stereocenters. The van der Waals surface area contributed by atoms with Crippen LogP contribution in [0.25, 0.3) is 0 Å². The van der Waals surface area contributed by atoms with Crippen LogP contribution < -0.4 is 5.73 Å². The maximum absolute atomic E-state index is 11.9. The molecule has 0 aliphatic carbocycles. The van der Waals surface area contributed by atoms with Crippen LogP contribution in [0.2, 0.25) is 0 Å². The number of nitro benzene ring substituents is 2. The second-order valence-corrected chi connectivity index (χ2v) is 5.92. The van der Waals surface area contributed by atoms with E-state index in [9.17, 15) is 24.4 Å². The first-order valence-electron chi connectivity index (χ1n) is 5.82. The number of nitrogens with two attached hydrogens (primary N) is 1. The molecule has 0 aliphatic rings. The zero-order valence-corrected chi connectivity index (χ0v) is 11.7. The highest BCUT2D eigenvalue weighted by atomic mass is 32.2. The highest BCUT2D eigenvalue weighted by Crippen LogP contribution is 2.25. The van der Waals surface area contributed by atoms with Crippen molar-refractivity contribution in [2.45, 2.75) is 12.7 Å². The van der Waals surface area contributed by atoms with Crippen LogP contribution in [0.15, 0.2) is 18.2 Å². The van der Waals surface area contributed by atoms with Gasteiger partial charge in [0.15, 0.2) is 0 Å². The highest BCUT2D eigenvalue weighted by Gasteiger charge is 2.21. The van der Waals surface area contributed by atoms with E-state index in [1.165, 1.54) is 12.1 Å². The summed E-state index contributed by atoms with van der Waals surface area (Å²) < 4.78 is 11.9. The fourth-order valence-electron chi connectivity index (χ4n) is 1.58. The van der Waals surface area contributed by atoms with Crippen LogP contribution in [0.5, 0.6) is 0 Å². The number of hydrogen-bond donors (Lipinski definition) is 1. The molecular formula is C11H15N3O5S. The molecule has 110 valence electrons. The minimum absolute atomic E-state index is 0.0152. The molecule has 2 N–H and O–H groups in total. The molecule has 0 amide bonds. The molecule has 0 saturated heterocycles. The molecule has 9 heteroatoms. The lowest BCUT2D eigenvalue weighted by molar-refractivity contribution is -0.394. The minimum Gasteiger partial charge on any atom is -0.330 e. The van der Waals surface area contributed by atoms with Gasteiger partial charge < -0.3 is 5.73 Å². The maximum Gasteiger partial charge on any atom is 0.280 e. The number of rotatable bonds is 7. The summed E-state index contributed by atoms with van der Waals surface area (Å²) in [6.45, 7) is 2.22. The van der Waals surface area contributed by atoms with E-state index in [2.05, 4.69) is 0 Å². The maximum atomic E-state index is 11.9. The second-order valence-electron chi connectivity index (χ2n) is 4.42. The lowest BCUT2D eigenvalue weighted by atomic mass is 10.2. The third-order valence-corrected chi connectivity index (χ3v) is 4.24. The molecule has 0 aliphatic heterocycles. The molecule has 0 saturated carbocycles. The summed E-state index contributed by atoms with van der Waals surface area (Å²) in [7, 11) is -1.30. The number of nitro groups is 2. The average Bonchev–Trinajstić information content (AvgIpc) is 2.38. The van der Waals surface area contributed by atoms with Crippen molar-refractivity contribution in [3.05, 3.63) is 44.0 Å². The second kappa shape index (κ2) is 7.06. The quantitative estimate of drug-likeness (QED) is 0.597. The summed E-state index contributed by atoms with van der Waals surface area (Å²) >= 11 is 0. The van der Waals surface area contributed by atoms with Crippen LogP contribution in [-0.4, -0.2) is 26.4 Å². The Labute approximate surface area is 117 Å². The van der Waals surface area contributed by atoms with Gasteiger partial charge in [-0.05, 0) is 18.5 Å². The van der Waals surface area contributed by atoms with Crippen LogP contribution in [0.1, 0.15) is 12.5 Å². The van der Waals surface area contributed by atoms with E-state index in [1.54, 1.807) is 0 Å². The van der Waals surface area contributed by atoms with E-state index in [0.717, 1.165) is 6.07 Å². The van der Waals surface area contributed by atoms with Crippen LogP contribution in [-0.2, 0) is 16.6 Å². The van der Waals surface area contributed by atoms with Gasteiger partial charge >= 0.3 is 0 Å². The molecule has 0 radical (unpaired) electrons. The first-order valence-corrected chi connectivity index (χ1v) is 7.30. The molecule has 0 bridgehead atoms. The summed E-state index contributed by atoms with van der Waals surface area (Å²) in [5.41, 5.74) is 4.91. The molecule has 0 spiro atoms. The third kappa shape index (κ3) is 4.35. The number of benzene rings is 1. The summed E-state index contributed by atoms with van der Waals surface area (Å²) in [5, 5.41) is 21.5. The van der Waals surface area contributed by atoms with Crippen molar-refractivity contribution in [3.63, 3.8) is 0 Å². The summed E-state index contributed by atoms with van der Waals surface area (Å²) in [6.07, 6.45) is 0. The van der Waals surface area contributed by atoms with Gasteiger partial charge in [0.2, 0.25) is 0 Å². The largest absolute Gasteiger partial charge is 0.330 e. The standard InChI is InChI=1S/C11H15N3O5S/c1-8(5-12)6-20(19)7-9-2-3-10(13(15)16)4-11(9)14(17)18/h2-4,8H,5-7,12H2,1H3. The Hall–Kier alpha value is -1.87. The molecule has 1 rings (SSSR count). The topological polar surface area (TPSA) is 129 Å². The first kappa shape index (κ1) is 16.2. The van der Waals surface area contributed by atoms with Crippen LogP contribution in [0.4, 0.5) is 11.4 Å². The summed E-state index contributed by atoms with van der Waals surface area (Å²) in [5.74, 6) is 0.372. The fourth-order valence-corrected chi connectivity index (χ4v) is 3.06. The Morgan fingerprint density at radius 1 is 1.30 bits per heavy atom. The Kier molecular flexibility index (Phi) is 5.71. The van der Waals surface area contributed by atoms with Crippen molar-refractivity contribution in [1.29, 1.82) is 0 Å². The molecule has 0 aromatic heterocycles. The Morgan fingerprint density at radius 3 is 2.45 bits per heavy atom. The minimum atomic E-state index is -1.30. The Bertz CT molecular complexity index is 549. The van der Waals surface area contributed by atoms with E-state index in [4.69, 9.17) is 5.73 Å². The van der Waals surface area contributed by atoms with E-state index < -0.39 is 20.6 Å². The SMILES string of the molecule is CC(CN)CS(=O)Cc1ccc([N+](=O)[O-])cc1[N+](=O)[O-]. The van der Waals surface area contributed by atoms with E-state index in [0.29, 0.717) is 12.3 Å². The van der Waals surface area contributed by atoms with Gasteiger partial charge in [-0.1, -0.05) is 6.92 Å². The van der Waals surface area contributed by atoms with Crippen molar-refractivity contribution >= 4 is 22.2 Å². The lowest BCUT2D eigenvalue weighted by Crippen LogP contribution is -2.18. The molecule has 0 heterocycles. The zero-order chi connectivity index (χ0) is 15.3. The van der Waals surface area contributed by atoms with Gasteiger partial charge in [0.25, 0.3) is 11.4 Å². The lowest BCUT2D eigenvalue weighted by Gasteiger charge is -2.08. The molecule has 2 unspecified atom stereocenters. The first-order chi connectivity index (χ1) is 9.35. The van der Waals surface area contributed by atoms with Crippen LogP contribution in [0, 0.1) is 26.1 Å². The smallest absolute Gasteiger partial charge is 0.280 e. The monoisotopic (exact) mass is 301 g/mol. The predicted molar refractivity (Wildman–Crippen MR) is 74.7 cm³/mol. The highest BCUT2D eigenvalue weighted by molar-refractivity contribution is 7.84. The normalized spacial score (nSPS) is 13.7. The average molecular weight is 301 g/mol. The molecule has 1 aromatic carbocycles. The zero-order valence-electron chi connectivity index (χ0n) is 10.9. The molecular weight excluding hydrogens is 286 g/mol. The molecule has 0 fully saturated rings. The molecule has 8 nitrogen and oxygen atoms in total. The van der Waals surface area contributed by atoms with Crippen molar-refractivity contribution in [2.75, 3.05) is 12.3 Å². The van der Waals surface area contributed by atoms with Crippen LogP contribution >= 0.6 is 0 Å².